The zero-order valence-corrected chi connectivity index (χ0v) is 8.93. The van der Waals surface area contributed by atoms with E-state index in [0.717, 1.165) is 11.8 Å². The molecule has 2 saturated carbocycles. The summed E-state index contributed by atoms with van der Waals surface area (Å²) in [4.78, 5) is 0. The molecule has 13 heavy (non-hydrogen) atoms. The van der Waals surface area contributed by atoms with E-state index in [1.54, 1.807) is 38.5 Å². The second kappa shape index (κ2) is 5.02. The van der Waals surface area contributed by atoms with Crippen molar-refractivity contribution in [2.45, 2.75) is 70.6 Å². The van der Waals surface area contributed by atoms with Crippen molar-refractivity contribution in [3.8, 4) is 0 Å². The summed E-state index contributed by atoms with van der Waals surface area (Å²) in [5.41, 5.74) is 0. The smallest absolute Gasteiger partial charge is 0.0414 e. The molecule has 0 radical (unpaired) electrons. The molecule has 0 heteroatoms. The lowest BCUT2D eigenvalue weighted by atomic mass is 9.84. The first kappa shape index (κ1) is 9.55. The summed E-state index contributed by atoms with van der Waals surface area (Å²) in [6.07, 6.45) is 16.9. The van der Waals surface area contributed by atoms with Gasteiger partial charge in [-0.15, -0.1) is 0 Å². The maximum Gasteiger partial charge on any atom is -0.0414 e. The van der Waals surface area contributed by atoms with Gasteiger partial charge in [0.1, 0.15) is 0 Å². The molecule has 2 aliphatic carbocycles. The van der Waals surface area contributed by atoms with Crippen LogP contribution < -0.4 is 0 Å². The molecular weight excluding hydrogens is 156 g/mol. The average Bonchev–Trinajstić information content (AvgIpc) is 2.69. The first-order chi connectivity index (χ1) is 6.45. The van der Waals surface area contributed by atoms with Crippen LogP contribution in [0.1, 0.15) is 70.6 Å². The van der Waals surface area contributed by atoms with Crippen LogP contribution in [0.3, 0.4) is 0 Å². The van der Waals surface area contributed by atoms with Crippen molar-refractivity contribution in [3.63, 3.8) is 0 Å². The molecule has 2 aliphatic rings. The summed E-state index contributed by atoms with van der Waals surface area (Å²) in [6.45, 7) is 0. The standard InChI is InChI=1S/C13H24/c1-2-6-12(7-3-1)10-11-13-8-4-5-9-13/h12-13H,1-11H2. The molecule has 0 atom stereocenters. The highest BCUT2D eigenvalue weighted by Gasteiger charge is 2.18. The minimum absolute atomic E-state index is 1.12. The van der Waals surface area contributed by atoms with Crippen molar-refractivity contribution in [2.24, 2.45) is 11.8 Å². The topological polar surface area (TPSA) is 0 Å². The summed E-state index contributed by atoms with van der Waals surface area (Å²) in [5, 5.41) is 0. The molecule has 0 N–H and O–H groups in total. The third-order valence-electron chi connectivity index (χ3n) is 4.18. The first-order valence-electron chi connectivity index (χ1n) is 6.45. The highest BCUT2D eigenvalue weighted by molar-refractivity contribution is 4.71. The van der Waals surface area contributed by atoms with E-state index in [1.807, 2.05) is 0 Å². The van der Waals surface area contributed by atoms with Crippen molar-refractivity contribution in [1.29, 1.82) is 0 Å². The van der Waals surface area contributed by atoms with E-state index in [0.29, 0.717) is 0 Å². The van der Waals surface area contributed by atoms with E-state index in [-0.39, 0.29) is 0 Å². The van der Waals surface area contributed by atoms with Crippen molar-refractivity contribution >= 4 is 0 Å². The molecule has 0 unspecified atom stereocenters. The molecule has 0 bridgehead atoms. The minimum atomic E-state index is 1.12. The van der Waals surface area contributed by atoms with E-state index >= 15 is 0 Å². The fourth-order valence-corrected chi connectivity index (χ4v) is 3.25. The highest BCUT2D eigenvalue weighted by atomic mass is 14.2. The van der Waals surface area contributed by atoms with E-state index in [1.165, 1.54) is 32.1 Å². The summed E-state index contributed by atoms with van der Waals surface area (Å²) in [5.74, 6) is 2.25. The molecule has 0 aromatic rings. The van der Waals surface area contributed by atoms with Crippen LogP contribution in [-0.4, -0.2) is 0 Å². The molecule has 0 nitrogen and oxygen atoms in total. The van der Waals surface area contributed by atoms with E-state index in [9.17, 15) is 0 Å². The number of rotatable bonds is 3. The Kier molecular flexibility index (Phi) is 3.69. The molecule has 76 valence electrons. The first-order valence-corrected chi connectivity index (χ1v) is 6.45. The Balaban J connectivity index is 1.60. The van der Waals surface area contributed by atoms with Crippen molar-refractivity contribution in [3.05, 3.63) is 0 Å². The third kappa shape index (κ3) is 3.00. The van der Waals surface area contributed by atoms with Gasteiger partial charge in [-0.25, -0.2) is 0 Å². The van der Waals surface area contributed by atoms with Crippen LogP contribution in [0.4, 0.5) is 0 Å². The maximum absolute atomic E-state index is 1.56. The van der Waals surface area contributed by atoms with Gasteiger partial charge in [0.05, 0.1) is 0 Å². The van der Waals surface area contributed by atoms with Crippen LogP contribution in [0.25, 0.3) is 0 Å². The quantitative estimate of drug-likeness (QED) is 0.598. The zero-order valence-electron chi connectivity index (χ0n) is 8.93. The van der Waals surface area contributed by atoms with Crippen LogP contribution >= 0.6 is 0 Å². The van der Waals surface area contributed by atoms with Gasteiger partial charge in [-0.05, 0) is 11.8 Å². The molecular formula is C13H24. The molecule has 0 aromatic heterocycles. The molecule has 0 spiro atoms. The lowest BCUT2D eigenvalue weighted by molar-refractivity contribution is 0.308. The van der Waals surface area contributed by atoms with Gasteiger partial charge in [-0.3, -0.25) is 0 Å². The predicted molar refractivity (Wildman–Crippen MR) is 57.8 cm³/mol. The van der Waals surface area contributed by atoms with Gasteiger partial charge < -0.3 is 0 Å². The fraction of sp³-hybridized carbons (Fsp3) is 1.00. The van der Waals surface area contributed by atoms with Gasteiger partial charge in [-0.1, -0.05) is 70.6 Å². The van der Waals surface area contributed by atoms with Crippen LogP contribution in [0.15, 0.2) is 0 Å². The zero-order chi connectivity index (χ0) is 8.93. The monoisotopic (exact) mass is 180 g/mol. The lowest BCUT2D eigenvalue weighted by Gasteiger charge is -2.22. The van der Waals surface area contributed by atoms with Gasteiger partial charge in [0.25, 0.3) is 0 Å². The van der Waals surface area contributed by atoms with Crippen molar-refractivity contribution < 1.29 is 0 Å². The highest BCUT2D eigenvalue weighted by Crippen LogP contribution is 2.33. The molecule has 2 fully saturated rings. The minimum Gasteiger partial charge on any atom is -0.0533 e. The Morgan fingerprint density at radius 1 is 0.538 bits per heavy atom. The molecule has 0 aromatic carbocycles. The van der Waals surface area contributed by atoms with Crippen molar-refractivity contribution in [1.82, 2.24) is 0 Å². The molecule has 0 aliphatic heterocycles. The molecule has 0 heterocycles. The van der Waals surface area contributed by atoms with Crippen molar-refractivity contribution in [2.75, 3.05) is 0 Å². The predicted octanol–water partition coefficient (Wildman–Crippen LogP) is 4.54. The fourth-order valence-electron chi connectivity index (χ4n) is 3.25. The summed E-state index contributed by atoms with van der Waals surface area (Å²) < 4.78 is 0. The van der Waals surface area contributed by atoms with E-state index < -0.39 is 0 Å². The average molecular weight is 180 g/mol. The second-order valence-corrected chi connectivity index (χ2v) is 5.23. The van der Waals surface area contributed by atoms with Gasteiger partial charge in [0.2, 0.25) is 0 Å². The number of hydrogen-bond acceptors (Lipinski definition) is 0. The van der Waals surface area contributed by atoms with Gasteiger partial charge in [0.15, 0.2) is 0 Å². The Hall–Kier alpha value is 0. The van der Waals surface area contributed by atoms with Crippen LogP contribution in [-0.2, 0) is 0 Å². The van der Waals surface area contributed by atoms with Gasteiger partial charge in [-0.2, -0.15) is 0 Å². The third-order valence-corrected chi connectivity index (χ3v) is 4.18. The Morgan fingerprint density at radius 3 is 1.38 bits per heavy atom. The maximum atomic E-state index is 1.56. The van der Waals surface area contributed by atoms with Gasteiger partial charge in [0, 0.05) is 0 Å². The Bertz CT molecular complexity index is 127. The Labute approximate surface area is 83.1 Å². The lowest BCUT2D eigenvalue weighted by Crippen LogP contribution is -2.07. The molecule has 0 amide bonds. The normalized spacial score (nSPS) is 26.8. The largest absolute Gasteiger partial charge is 0.0533 e. The van der Waals surface area contributed by atoms with E-state index in [4.69, 9.17) is 0 Å². The molecule has 2 rings (SSSR count). The van der Waals surface area contributed by atoms with Gasteiger partial charge >= 0.3 is 0 Å². The summed E-state index contributed by atoms with van der Waals surface area (Å²) >= 11 is 0. The summed E-state index contributed by atoms with van der Waals surface area (Å²) in [7, 11) is 0. The molecule has 0 saturated heterocycles. The SMILES string of the molecule is C1CCC(CCC2CCCC2)CC1. The van der Waals surface area contributed by atoms with Crippen LogP contribution in [0.2, 0.25) is 0 Å². The van der Waals surface area contributed by atoms with E-state index in [2.05, 4.69) is 0 Å². The second-order valence-electron chi connectivity index (χ2n) is 5.23. The number of hydrogen-bond donors (Lipinski definition) is 0. The Morgan fingerprint density at radius 2 is 0.923 bits per heavy atom. The van der Waals surface area contributed by atoms with Crippen LogP contribution in [0, 0.1) is 11.8 Å². The summed E-state index contributed by atoms with van der Waals surface area (Å²) in [6, 6.07) is 0. The van der Waals surface area contributed by atoms with Crippen LogP contribution in [0.5, 0.6) is 0 Å².